The van der Waals surface area contributed by atoms with Crippen LogP contribution in [0.15, 0.2) is 24.4 Å². The van der Waals surface area contributed by atoms with E-state index in [9.17, 15) is 9.59 Å². The number of piperidine rings is 1. The van der Waals surface area contributed by atoms with Gasteiger partial charge < -0.3 is 25.8 Å². The summed E-state index contributed by atoms with van der Waals surface area (Å²) in [5, 5.41) is 1.55. The van der Waals surface area contributed by atoms with Gasteiger partial charge in [0.25, 0.3) is 5.91 Å². The highest BCUT2D eigenvalue weighted by atomic mass is 16.5. The number of hydrogen-bond acceptors (Lipinski definition) is 6. The molecule has 0 spiro atoms. The van der Waals surface area contributed by atoms with Crippen LogP contribution in [0.25, 0.3) is 10.8 Å². The van der Waals surface area contributed by atoms with Crippen molar-refractivity contribution < 1.29 is 19.1 Å². The molecule has 0 radical (unpaired) electrons. The maximum Gasteiger partial charge on any atom is 0.252 e. The number of nitrogens with zero attached hydrogens (tertiary/aromatic N) is 2. The van der Waals surface area contributed by atoms with Gasteiger partial charge in [-0.3, -0.25) is 9.59 Å². The van der Waals surface area contributed by atoms with E-state index in [1.807, 2.05) is 13.8 Å². The number of likely N-dealkylation sites (tertiary alicyclic amines) is 1. The van der Waals surface area contributed by atoms with E-state index in [2.05, 4.69) is 4.98 Å². The van der Waals surface area contributed by atoms with Gasteiger partial charge in [0.05, 0.1) is 18.2 Å². The number of carbonyl (C=O) groups excluding carboxylic acids is 2. The number of nitrogens with two attached hydrogens (primary N) is 2. The molecule has 1 fully saturated rings. The number of rotatable bonds is 6. The molecule has 28 heavy (non-hydrogen) atoms. The van der Waals surface area contributed by atoms with E-state index < -0.39 is 5.91 Å². The Morgan fingerprint density at radius 2 is 2.00 bits per heavy atom. The predicted octanol–water partition coefficient (Wildman–Crippen LogP) is 1.45. The minimum Gasteiger partial charge on any atom is -0.490 e. The summed E-state index contributed by atoms with van der Waals surface area (Å²) in [4.78, 5) is 29.7. The zero-order valence-corrected chi connectivity index (χ0v) is 16.2. The molecule has 8 nitrogen and oxygen atoms in total. The van der Waals surface area contributed by atoms with Crippen LogP contribution >= 0.6 is 0 Å². The first-order valence-electron chi connectivity index (χ1n) is 9.42. The normalized spacial score (nSPS) is 15.1. The highest BCUT2D eigenvalue weighted by Gasteiger charge is 2.24. The first kappa shape index (κ1) is 19.9. The summed E-state index contributed by atoms with van der Waals surface area (Å²) >= 11 is 0. The zero-order valence-electron chi connectivity index (χ0n) is 16.2. The molecule has 2 aromatic rings. The number of aromatic nitrogens is 1. The molecule has 2 amide bonds. The Hall–Kier alpha value is -2.87. The third-order valence-corrected chi connectivity index (χ3v) is 4.70. The van der Waals surface area contributed by atoms with Crippen LogP contribution in [0.5, 0.6) is 11.6 Å². The lowest BCUT2D eigenvalue weighted by Gasteiger charge is -2.31. The highest BCUT2D eigenvalue weighted by molar-refractivity contribution is 6.01. The van der Waals surface area contributed by atoms with Crippen molar-refractivity contribution in [3.8, 4) is 11.6 Å². The average molecular weight is 386 g/mol. The van der Waals surface area contributed by atoms with Crippen LogP contribution in [0.1, 0.15) is 37.0 Å². The molecule has 8 heteroatoms. The van der Waals surface area contributed by atoms with Crippen molar-refractivity contribution in [2.75, 3.05) is 19.6 Å². The maximum atomic E-state index is 11.8. The molecule has 0 aliphatic carbocycles. The van der Waals surface area contributed by atoms with Crippen LogP contribution in [-0.2, 0) is 4.79 Å². The molecular weight excluding hydrogens is 360 g/mol. The molecule has 1 aliphatic rings. The minimum absolute atomic E-state index is 0.0250. The number of benzene rings is 1. The monoisotopic (exact) mass is 386 g/mol. The molecule has 0 unspecified atom stereocenters. The Bertz CT molecular complexity index is 876. The van der Waals surface area contributed by atoms with Crippen LogP contribution in [0.3, 0.4) is 0 Å². The van der Waals surface area contributed by atoms with E-state index in [1.165, 1.54) is 0 Å². The number of carbonyl (C=O) groups is 2. The molecular formula is C20H26N4O4. The fourth-order valence-corrected chi connectivity index (χ4v) is 3.32. The first-order chi connectivity index (χ1) is 13.4. The zero-order chi connectivity index (χ0) is 20.3. The predicted molar refractivity (Wildman–Crippen MR) is 105 cm³/mol. The van der Waals surface area contributed by atoms with E-state index in [-0.39, 0.29) is 24.7 Å². The third-order valence-electron chi connectivity index (χ3n) is 4.70. The molecule has 1 aromatic carbocycles. The number of pyridine rings is 1. The Morgan fingerprint density at radius 1 is 1.29 bits per heavy atom. The van der Waals surface area contributed by atoms with Crippen molar-refractivity contribution in [1.82, 2.24) is 9.88 Å². The summed E-state index contributed by atoms with van der Waals surface area (Å²) in [6.45, 7) is 5.01. The van der Waals surface area contributed by atoms with Crippen molar-refractivity contribution >= 4 is 22.6 Å². The van der Waals surface area contributed by atoms with Gasteiger partial charge in [-0.15, -0.1) is 0 Å². The van der Waals surface area contributed by atoms with Gasteiger partial charge in [-0.25, -0.2) is 4.98 Å². The molecule has 150 valence electrons. The molecule has 3 rings (SSSR count). The smallest absolute Gasteiger partial charge is 0.252 e. The van der Waals surface area contributed by atoms with Crippen LogP contribution < -0.4 is 20.9 Å². The van der Waals surface area contributed by atoms with Gasteiger partial charge in [0.15, 0.2) is 0 Å². The van der Waals surface area contributed by atoms with Crippen LogP contribution in [0.4, 0.5) is 0 Å². The molecule has 0 atom stereocenters. The standard InChI is InChI=1S/C20H26N4O4/c1-12(2)27-17-10-15-13(9-16(17)19(22)26)3-6-23-20(15)28-14-4-7-24(8-5-14)18(25)11-21/h3,6,9-10,12,14H,4-5,7-8,11,21H2,1-2H3,(H2,22,26). The van der Waals surface area contributed by atoms with Gasteiger partial charge in [0.2, 0.25) is 11.8 Å². The summed E-state index contributed by atoms with van der Waals surface area (Å²) in [5.74, 6) is 0.298. The number of primary amides is 1. The second-order valence-electron chi connectivity index (χ2n) is 7.12. The van der Waals surface area contributed by atoms with Gasteiger partial charge in [-0.05, 0) is 37.4 Å². The topological polar surface area (TPSA) is 121 Å². The van der Waals surface area contributed by atoms with E-state index in [0.717, 1.165) is 10.8 Å². The van der Waals surface area contributed by atoms with Crippen molar-refractivity contribution in [2.45, 2.75) is 38.9 Å². The molecule has 2 heterocycles. The summed E-state index contributed by atoms with van der Waals surface area (Å²) in [5.41, 5.74) is 11.3. The molecule has 0 saturated carbocycles. The number of amides is 2. The second kappa shape index (κ2) is 8.43. The fraction of sp³-hybridized carbons (Fsp3) is 0.450. The Labute approximate surface area is 163 Å². The number of fused-ring (bicyclic) bond motifs is 1. The third kappa shape index (κ3) is 4.33. The van der Waals surface area contributed by atoms with Crippen molar-refractivity contribution in [3.05, 3.63) is 30.0 Å². The fourth-order valence-electron chi connectivity index (χ4n) is 3.32. The molecule has 1 saturated heterocycles. The van der Waals surface area contributed by atoms with E-state index in [4.69, 9.17) is 20.9 Å². The number of ether oxygens (including phenoxy) is 2. The average Bonchev–Trinajstić information content (AvgIpc) is 2.67. The van der Waals surface area contributed by atoms with Gasteiger partial charge in [-0.2, -0.15) is 0 Å². The van der Waals surface area contributed by atoms with Crippen molar-refractivity contribution in [3.63, 3.8) is 0 Å². The first-order valence-corrected chi connectivity index (χ1v) is 9.42. The van der Waals surface area contributed by atoms with E-state index >= 15 is 0 Å². The van der Waals surface area contributed by atoms with Crippen molar-refractivity contribution in [1.29, 1.82) is 0 Å². The summed E-state index contributed by atoms with van der Waals surface area (Å²) in [6, 6.07) is 5.26. The maximum absolute atomic E-state index is 11.8. The Balaban J connectivity index is 1.86. The SMILES string of the molecule is CC(C)Oc1cc2c(OC3CCN(C(=O)CN)CC3)nccc2cc1C(N)=O. The highest BCUT2D eigenvalue weighted by Crippen LogP contribution is 2.32. The van der Waals surface area contributed by atoms with Gasteiger partial charge in [-0.1, -0.05) is 0 Å². The molecule has 1 aromatic heterocycles. The van der Waals surface area contributed by atoms with E-state index in [0.29, 0.717) is 43.1 Å². The largest absolute Gasteiger partial charge is 0.490 e. The van der Waals surface area contributed by atoms with Crippen LogP contribution in [0, 0.1) is 0 Å². The van der Waals surface area contributed by atoms with Gasteiger partial charge >= 0.3 is 0 Å². The molecule has 0 bridgehead atoms. The lowest BCUT2D eigenvalue weighted by atomic mass is 10.1. The summed E-state index contributed by atoms with van der Waals surface area (Å²) in [6.07, 6.45) is 2.89. The van der Waals surface area contributed by atoms with Crippen LogP contribution in [0.2, 0.25) is 0 Å². The van der Waals surface area contributed by atoms with Gasteiger partial charge in [0.1, 0.15) is 11.9 Å². The quantitative estimate of drug-likeness (QED) is 0.775. The molecule has 1 aliphatic heterocycles. The summed E-state index contributed by atoms with van der Waals surface area (Å²) < 4.78 is 11.9. The minimum atomic E-state index is -0.547. The number of hydrogen-bond donors (Lipinski definition) is 2. The van der Waals surface area contributed by atoms with Gasteiger partial charge in [0, 0.05) is 37.5 Å². The van der Waals surface area contributed by atoms with E-state index in [1.54, 1.807) is 29.3 Å². The lowest BCUT2D eigenvalue weighted by molar-refractivity contribution is -0.131. The summed E-state index contributed by atoms with van der Waals surface area (Å²) in [7, 11) is 0. The lowest BCUT2D eigenvalue weighted by Crippen LogP contribution is -2.44. The van der Waals surface area contributed by atoms with Crippen molar-refractivity contribution in [2.24, 2.45) is 11.5 Å². The Morgan fingerprint density at radius 3 is 2.61 bits per heavy atom. The van der Waals surface area contributed by atoms with Crippen LogP contribution in [-0.4, -0.2) is 53.5 Å². The Kier molecular flexibility index (Phi) is 5.99. The molecule has 4 N–H and O–H groups in total. The second-order valence-corrected chi connectivity index (χ2v) is 7.12.